The van der Waals surface area contributed by atoms with Crippen LogP contribution in [0, 0.1) is 18.6 Å². The molecule has 0 aliphatic carbocycles. The topological polar surface area (TPSA) is 90.2 Å². The van der Waals surface area contributed by atoms with Gasteiger partial charge in [-0.1, -0.05) is 24.3 Å². The van der Waals surface area contributed by atoms with Gasteiger partial charge in [-0.3, -0.25) is 0 Å². The Bertz CT molecular complexity index is 865. The number of aryl methyl sites for hydroxylation is 1. The number of ether oxygens (including phenoxy) is 1. The Morgan fingerprint density at radius 3 is 2.21 bits per heavy atom. The van der Waals surface area contributed by atoms with Gasteiger partial charge in [-0.2, -0.15) is 0 Å². The van der Waals surface area contributed by atoms with Crippen LogP contribution in [0.2, 0.25) is 0 Å². The van der Waals surface area contributed by atoms with Gasteiger partial charge in [0.05, 0.1) is 12.7 Å². The first kappa shape index (κ1) is 21.5. The van der Waals surface area contributed by atoms with Crippen LogP contribution in [0.1, 0.15) is 17.0 Å². The zero-order valence-electron chi connectivity index (χ0n) is 15.9. The Kier molecular flexibility index (Phi) is 6.45. The average molecular weight is 406 g/mol. The van der Waals surface area contributed by atoms with Crippen LogP contribution >= 0.6 is 0 Å². The standard InChI is InChI=1S/C22H24F2O5/c1-3-16(22-21(28)20(27)19(26)18(10-25)29-22)17-5-4-12(6-11(17)2)13-7-14(23)9-15(24)8-13/h3-9,16,18-22,25-28H,1,10H2,2H3/t16-,18-,19-,20+,21+,22-/m1/s1. The SMILES string of the molecule is C=C[C@H](c1ccc(-c2cc(F)cc(F)c2)cc1C)[C@H]1O[C@H](CO)[C@@H](O)[C@H](O)[C@@H]1O. The molecular formula is C22H24F2O5. The number of rotatable bonds is 5. The molecule has 4 N–H and O–H groups in total. The summed E-state index contributed by atoms with van der Waals surface area (Å²) in [6.07, 6.45) is -4.73. The summed E-state index contributed by atoms with van der Waals surface area (Å²) in [5, 5.41) is 39.9. The van der Waals surface area contributed by atoms with Gasteiger partial charge in [0.2, 0.25) is 0 Å². The van der Waals surface area contributed by atoms with Crippen molar-refractivity contribution >= 4 is 0 Å². The van der Waals surface area contributed by atoms with Crippen LogP contribution < -0.4 is 0 Å². The van der Waals surface area contributed by atoms with E-state index < -0.39 is 54.7 Å². The molecule has 0 amide bonds. The zero-order valence-corrected chi connectivity index (χ0v) is 15.9. The number of aliphatic hydroxyl groups excluding tert-OH is 4. The van der Waals surface area contributed by atoms with E-state index in [9.17, 15) is 29.2 Å². The van der Waals surface area contributed by atoms with Gasteiger partial charge in [0.25, 0.3) is 0 Å². The smallest absolute Gasteiger partial charge is 0.126 e. The Morgan fingerprint density at radius 1 is 1.00 bits per heavy atom. The molecule has 29 heavy (non-hydrogen) atoms. The number of hydrogen-bond donors (Lipinski definition) is 4. The summed E-state index contributed by atoms with van der Waals surface area (Å²) in [6, 6.07) is 8.46. The van der Waals surface area contributed by atoms with E-state index in [1.165, 1.54) is 12.1 Å². The predicted octanol–water partition coefficient (Wildman–Crippen LogP) is 2.05. The van der Waals surface area contributed by atoms with Crippen molar-refractivity contribution in [1.29, 1.82) is 0 Å². The quantitative estimate of drug-likeness (QED) is 0.571. The van der Waals surface area contributed by atoms with Crippen molar-refractivity contribution in [2.24, 2.45) is 0 Å². The summed E-state index contributed by atoms with van der Waals surface area (Å²) >= 11 is 0. The van der Waals surface area contributed by atoms with Crippen LogP contribution in [0.25, 0.3) is 11.1 Å². The van der Waals surface area contributed by atoms with Crippen LogP contribution in [-0.2, 0) is 4.74 Å². The van der Waals surface area contributed by atoms with Gasteiger partial charge >= 0.3 is 0 Å². The van der Waals surface area contributed by atoms with Crippen LogP contribution in [0.15, 0.2) is 49.1 Å². The van der Waals surface area contributed by atoms with E-state index in [0.717, 1.165) is 17.2 Å². The summed E-state index contributed by atoms with van der Waals surface area (Å²) in [5.74, 6) is -1.90. The average Bonchev–Trinajstić information content (AvgIpc) is 2.68. The largest absolute Gasteiger partial charge is 0.394 e. The minimum absolute atomic E-state index is 0.389. The highest BCUT2D eigenvalue weighted by Crippen LogP contribution is 2.35. The third-order valence-electron chi connectivity index (χ3n) is 5.36. The van der Waals surface area contributed by atoms with Gasteiger partial charge in [-0.05, 0) is 41.3 Å². The Labute approximate surface area is 167 Å². The van der Waals surface area contributed by atoms with Crippen molar-refractivity contribution in [3.05, 3.63) is 71.8 Å². The molecule has 5 nitrogen and oxygen atoms in total. The van der Waals surface area contributed by atoms with Crippen molar-refractivity contribution in [2.75, 3.05) is 6.61 Å². The Balaban J connectivity index is 1.95. The Hall–Kier alpha value is -2.16. The third kappa shape index (κ3) is 4.24. The van der Waals surface area contributed by atoms with Gasteiger partial charge in [0, 0.05) is 12.0 Å². The van der Waals surface area contributed by atoms with Gasteiger partial charge < -0.3 is 25.2 Å². The lowest BCUT2D eigenvalue weighted by molar-refractivity contribution is -0.231. The second-order valence-electron chi connectivity index (χ2n) is 7.28. The number of aliphatic hydroxyl groups is 4. The molecule has 2 aromatic rings. The molecule has 156 valence electrons. The van der Waals surface area contributed by atoms with Crippen molar-refractivity contribution in [3.8, 4) is 11.1 Å². The molecule has 3 rings (SSSR count). The molecule has 0 bridgehead atoms. The maximum atomic E-state index is 13.5. The molecule has 0 spiro atoms. The maximum absolute atomic E-state index is 13.5. The molecule has 0 aromatic heterocycles. The van der Waals surface area contributed by atoms with Gasteiger partial charge in [0.1, 0.15) is 36.1 Å². The van der Waals surface area contributed by atoms with Crippen LogP contribution in [0.3, 0.4) is 0 Å². The minimum Gasteiger partial charge on any atom is -0.394 e. The van der Waals surface area contributed by atoms with Crippen molar-refractivity contribution < 1.29 is 33.9 Å². The van der Waals surface area contributed by atoms with E-state index in [1.54, 1.807) is 31.2 Å². The fourth-order valence-electron chi connectivity index (χ4n) is 3.82. The highest BCUT2D eigenvalue weighted by Gasteiger charge is 2.46. The van der Waals surface area contributed by atoms with E-state index in [4.69, 9.17) is 4.74 Å². The van der Waals surface area contributed by atoms with E-state index in [-0.39, 0.29) is 0 Å². The van der Waals surface area contributed by atoms with Crippen LogP contribution in [0.4, 0.5) is 8.78 Å². The van der Waals surface area contributed by atoms with Crippen molar-refractivity contribution in [1.82, 2.24) is 0 Å². The van der Waals surface area contributed by atoms with Crippen molar-refractivity contribution in [2.45, 2.75) is 43.4 Å². The second-order valence-corrected chi connectivity index (χ2v) is 7.28. The summed E-state index contributed by atoms with van der Waals surface area (Å²) in [6.45, 7) is 5.07. The first-order chi connectivity index (χ1) is 13.8. The summed E-state index contributed by atoms with van der Waals surface area (Å²) in [5.41, 5.74) is 2.49. The number of halogens is 2. The Morgan fingerprint density at radius 2 is 1.66 bits per heavy atom. The highest BCUT2D eigenvalue weighted by molar-refractivity contribution is 5.65. The molecule has 6 atom stereocenters. The third-order valence-corrected chi connectivity index (χ3v) is 5.36. The minimum atomic E-state index is -1.48. The molecule has 0 radical (unpaired) electrons. The summed E-state index contributed by atoms with van der Waals surface area (Å²) < 4.78 is 32.7. The number of benzene rings is 2. The van der Waals surface area contributed by atoms with Gasteiger partial charge in [-0.15, -0.1) is 6.58 Å². The molecule has 1 aliphatic heterocycles. The van der Waals surface area contributed by atoms with E-state index in [1.807, 2.05) is 0 Å². The fraction of sp³-hybridized carbons (Fsp3) is 0.364. The molecule has 2 aromatic carbocycles. The van der Waals surface area contributed by atoms with E-state index in [0.29, 0.717) is 11.1 Å². The first-order valence-corrected chi connectivity index (χ1v) is 9.27. The molecule has 0 saturated carbocycles. The van der Waals surface area contributed by atoms with E-state index in [2.05, 4.69) is 6.58 Å². The lowest BCUT2D eigenvalue weighted by Gasteiger charge is -2.43. The molecule has 1 heterocycles. The van der Waals surface area contributed by atoms with Crippen LogP contribution in [0.5, 0.6) is 0 Å². The lowest BCUT2D eigenvalue weighted by Crippen LogP contribution is -2.59. The van der Waals surface area contributed by atoms with Gasteiger partial charge in [-0.25, -0.2) is 8.78 Å². The lowest BCUT2D eigenvalue weighted by atomic mass is 9.82. The zero-order chi connectivity index (χ0) is 21.3. The molecule has 1 saturated heterocycles. The molecule has 1 fully saturated rings. The fourth-order valence-corrected chi connectivity index (χ4v) is 3.82. The highest BCUT2D eigenvalue weighted by atomic mass is 19.1. The molecular weight excluding hydrogens is 382 g/mol. The summed E-state index contributed by atoms with van der Waals surface area (Å²) in [4.78, 5) is 0. The van der Waals surface area contributed by atoms with Gasteiger partial charge in [0.15, 0.2) is 0 Å². The second kappa shape index (κ2) is 8.69. The molecule has 7 heteroatoms. The predicted molar refractivity (Wildman–Crippen MR) is 103 cm³/mol. The monoisotopic (exact) mass is 406 g/mol. The maximum Gasteiger partial charge on any atom is 0.126 e. The van der Waals surface area contributed by atoms with Crippen LogP contribution in [-0.4, -0.2) is 57.6 Å². The summed E-state index contributed by atoms with van der Waals surface area (Å²) in [7, 11) is 0. The van der Waals surface area contributed by atoms with E-state index >= 15 is 0 Å². The normalized spacial score (nSPS) is 28.2. The molecule has 0 unspecified atom stereocenters. The molecule has 1 aliphatic rings. The number of hydrogen-bond acceptors (Lipinski definition) is 5. The first-order valence-electron chi connectivity index (χ1n) is 9.27. The van der Waals surface area contributed by atoms with Crippen molar-refractivity contribution in [3.63, 3.8) is 0 Å².